The van der Waals surface area contributed by atoms with E-state index in [9.17, 15) is 0 Å². The first-order chi connectivity index (χ1) is 9.19. The van der Waals surface area contributed by atoms with E-state index in [0.717, 1.165) is 12.5 Å². The van der Waals surface area contributed by atoms with Crippen LogP contribution < -0.4 is 5.32 Å². The fourth-order valence-electron chi connectivity index (χ4n) is 3.18. The summed E-state index contributed by atoms with van der Waals surface area (Å²) in [4.78, 5) is 4.85. The van der Waals surface area contributed by atoms with Gasteiger partial charge >= 0.3 is 0 Å². The summed E-state index contributed by atoms with van der Waals surface area (Å²) in [7, 11) is 0. The maximum Gasteiger partial charge on any atom is 0.156 e. The number of nitrogens with one attached hydrogen (secondary N) is 1. The second-order valence-corrected chi connectivity index (χ2v) is 7.45. The second-order valence-electron chi connectivity index (χ2n) is 6.48. The van der Waals surface area contributed by atoms with Gasteiger partial charge in [0, 0.05) is 18.3 Å². The molecule has 0 saturated heterocycles. The van der Waals surface area contributed by atoms with Crippen LogP contribution in [0, 0.1) is 11.3 Å². The zero-order chi connectivity index (χ0) is 13.7. The van der Waals surface area contributed by atoms with Gasteiger partial charge in [0.2, 0.25) is 0 Å². The third-order valence-corrected chi connectivity index (χ3v) is 6.52. The molecule has 1 aliphatic carbocycles. The zero-order valence-corrected chi connectivity index (χ0v) is 13.7. The van der Waals surface area contributed by atoms with E-state index in [-0.39, 0.29) is 0 Å². The van der Waals surface area contributed by atoms with Crippen LogP contribution in [0.1, 0.15) is 65.7 Å². The molecule has 1 saturated carbocycles. The molecule has 0 aromatic heterocycles. The summed E-state index contributed by atoms with van der Waals surface area (Å²) in [6, 6.07) is 0.657. The van der Waals surface area contributed by atoms with Crippen LogP contribution in [0.15, 0.2) is 4.99 Å². The number of thioether (sulfide) groups is 1. The Labute approximate surface area is 123 Å². The normalized spacial score (nSPS) is 31.4. The Morgan fingerprint density at radius 3 is 2.58 bits per heavy atom. The van der Waals surface area contributed by atoms with Gasteiger partial charge in [0.1, 0.15) is 0 Å². The van der Waals surface area contributed by atoms with Crippen LogP contribution in [-0.4, -0.2) is 23.5 Å². The lowest BCUT2D eigenvalue weighted by molar-refractivity contribution is 0.317. The number of hydrogen-bond acceptors (Lipinski definition) is 3. The lowest BCUT2D eigenvalue weighted by atomic mass is 9.84. The van der Waals surface area contributed by atoms with Gasteiger partial charge in [-0.3, -0.25) is 4.99 Å². The van der Waals surface area contributed by atoms with Gasteiger partial charge in [-0.1, -0.05) is 51.8 Å². The number of amidine groups is 1. The molecule has 1 N–H and O–H groups in total. The SMILES string of the molecule is CCC1(CC)CN=C(NC2CCCCCC2C)SC1. The highest BCUT2D eigenvalue weighted by Crippen LogP contribution is 2.35. The number of aliphatic imine (C=N–C) groups is 1. The van der Waals surface area contributed by atoms with Crippen LogP contribution in [0.2, 0.25) is 0 Å². The molecule has 3 heteroatoms. The number of rotatable bonds is 3. The van der Waals surface area contributed by atoms with Gasteiger partial charge in [-0.05, 0) is 37.0 Å². The predicted octanol–water partition coefficient (Wildman–Crippen LogP) is 4.45. The summed E-state index contributed by atoms with van der Waals surface area (Å²) >= 11 is 1.96. The van der Waals surface area contributed by atoms with Crippen LogP contribution in [-0.2, 0) is 0 Å². The van der Waals surface area contributed by atoms with Crippen molar-refractivity contribution >= 4 is 16.9 Å². The van der Waals surface area contributed by atoms with E-state index in [0.29, 0.717) is 11.5 Å². The maximum atomic E-state index is 4.85. The summed E-state index contributed by atoms with van der Waals surface area (Å²) in [6.07, 6.45) is 9.43. The molecule has 0 amide bonds. The van der Waals surface area contributed by atoms with Crippen LogP contribution >= 0.6 is 11.8 Å². The molecule has 2 unspecified atom stereocenters. The highest BCUT2D eigenvalue weighted by atomic mass is 32.2. The Kier molecular flexibility index (Phi) is 5.61. The minimum absolute atomic E-state index is 0.463. The molecule has 1 fully saturated rings. The van der Waals surface area contributed by atoms with Gasteiger partial charge in [0.25, 0.3) is 0 Å². The first-order valence-corrected chi connectivity index (χ1v) is 9.11. The van der Waals surface area contributed by atoms with Gasteiger partial charge in [0.05, 0.1) is 0 Å². The van der Waals surface area contributed by atoms with Crippen molar-refractivity contribution in [2.45, 2.75) is 71.8 Å². The van der Waals surface area contributed by atoms with E-state index < -0.39 is 0 Å². The van der Waals surface area contributed by atoms with E-state index >= 15 is 0 Å². The van der Waals surface area contributed by atoms with Crippen molar-refractivity contribution in [3.8, 4) is 0 Å². The third kappa shape index (κ3) is 3.90. The monoisotopic (exact) mass is 282 g/mol. The number of nitrogens with zero attached hydrogens (tertiary/aromatic N) is 1. The Balaban J connectivity index is 1.91. The average Bonchev–Trinajstić information content (AvgIpc) is 2.65. The minimum atomic E-state index is 0.463. The fourth-order valence-corrected chi connectivity index (χ4v) is 4.52. The van der Waals surface area contributed by atoms with E-state index in [1.54, 1.807) is 0 Å². The summed E-state index contributed by atoms with van der Waals surface area (Å²) in [5, 5.41) is 4.97. The quantitative estimate of drug-likeness (QED) is 0.773. The summed E-state index contributed by atoms with van der Waals surface area (Å²) in [6.45, 7) is 8.05. The van der Waals surface area contributed by atoms with E-state index in [1.807, 2.05) is 11.8 Å². The topological polar surface area (TPSA) is 24.4 Å². The Hall–Kier alpha value is -0.180. The molecule has 0 aromatic rings. The van der Waals surface area contributed by atoms with Gasteiger partial charge in [-0.15, -0.1) is 0 Å². The molecule has 19 heavy (non-hydrogen) atoms. The van der Waals surface area contributed by atoms with Crippen LogP contribution in [0.25, 0.3) is 0 Å². The van der Waals surface area contributed by atoms with Gasteiger partial charge in [-0.25, -0.2) is 0 Å². The molecule has 2 nitrogen and oxygen atoms in total. The van der Waals surface area contributed by atoms with Crippen molar-refractivity contribution in [3.63, 3.8) is 0 Å². The molecule has 1 heterocycles. The standard InChI is InChI=1S/C16H30N2S/c1-4-16(5-2)11-17-15(19-12-16)18-14-10-8-6-7-9-13(14)3/h13-14H,4-12H2,1-3H3,(H,17,18). The summed E-state index contributed by atoms with van der Waals surface area (Å²) < 4.78 is 0. The lowest BCUT2D eigenvalue weighted by Crippen LogP contribution is -2.41. The van der Waals surface area contributed by atoms with Crippen molar-refractivity contribution in [3.05, 3.63) is 0 Å². The Bertz CT molecular complexity index is 310. The molecule has 2 rings (SSSR count). The van der Waals surface area contributed by atoms with Crippen molar-refractivity contribution < 1.29 is 0 Å². The van der Waals surface area contributed by atoms with Gasteiger partial charge < -0.3 is 5.32 Å². The van der Waals surface area contributed by atoms with Crippen molar-refractivity contribution in [1.82, 2.24) is 5.32 Å². The predicted molar refractivity (Wildman–Crippen MR) is 86.9 cm³/mol. The number of hydrogen-bond donors (Lipinski definition) is 1. The smallest absolute Gasteiger partial charge is 0.156 e. The zero-order valence-electron chi connectivity index (χ0n) is 12.9. The molecule has 1 aliphatic heterocycles. The van der Waals surface area contributed by atoms with E-state index in [4.69, 9.17) is 4.99 Å². The van der Waals surface area contributed by atoms with Crippen LogP contribution in [0.4, 0.5) is 0 Å². The molecule has 0 bridgehead atoms. The van der Waals surface area contributed by atoms with Gasteiger partial charge in [-0.2, -0.15) is 0 Å². The molecule has 2 aliphatic rings. The largest absolute Gasteiger partial charge is 0.362 e. The Morgan fingerprint density at radius 1 is 1.21 bits per heavy atom. The molecule has 0 aromatic carbocycles. The van der Waals surface area contributed by atoms with Crippen LogP contribution in [0.3, 0.4) is 0 Å². The second kappa shape index (κ2) is 7.01. The first kappa shape index (κ1) is 15.2. The average molecular weight is 282 g/mol. The Morgan fingerprint density at radius 2 is 1.95 bits per heavy atom. The molecule has 110 valence electrons. The first-order valence-electron chi connectivity index (χ1n) is 8.13. The fraction of sp³-hybridized carbons (Fsp3) is 0.938. The summed E-state index contributed by atoms with van der Waals surface area (Å²) in [5.41, 5.74) is 0.463. The van der Waals surface area contributed by atoms with Gasteiger partial charge in [0.15, 0.2) is 5.17 Å². The molecule has 0 radical (unpaired) electrons. The van der Waals surface area contributed by atoms with Crippen molar-refractivity contribution in [2.75, 3.05) is 12.3 Å². The third-order valence-electron chi connectivity index (χ3n) is 5.24. The van der Waals surface area contributed by atoms with E-state index in [2.05, 4.69) is 26.1 Å². The van der Waals surface area contributed by atoms with Crippen molar-refractivity contribution in [1.29, 1.82) is 0 Å². The van der Waals surface area contributed by atoms with Crippen molar-refractivity contribution in [2.24, 2.45) is 16.3 Å². The minimum Gasteiger partial charge on any atom is -0.362 e. The molecule has 0 spiro atoms. The molecular weight excluding hydrogens is 252 g/mol. The summed E-state index contributed by atoms with van der Waals surface area (Å²) in [5.74, 6) is 2.04. The highest BCUT2D eigenvalue weighted by Gasteiger charge is 2.31. The van der Waals surface area contributed by atoms with Crippen LogP contribution in [0.5, 0.6) is 0 Å². The maximum absolute atomic E-state index is 4.85. The highest BCUT2D eigenvalue weighted by molar-refractivity contribution is 8.13. The lowest BCUT2D eigenvalue weighted by Gasteiger charge is -2.35. The molecular formula is C16H30N2S. The molecule has 2 atom stereocenters. The van der Waals surface area contributed by atoms with E-state index in [1.165, 1.54) is 55.9 Å².